The van der Waals surface area contributed by atoms with Crippen molar-refractivity contribution in [1.82, 2.24) is 0 Å². The molecule has 0 atom stereocenters. The van der Waals surface area contributed by atoms with Gasteiger partial charge in [-0.05, 0) is 23.6 Å². The van der Waals surface area contributed by atoms with Crippen molar-refractivity contribution in [3.8, 4) is 11.1 Å². The average molecular weight is 459 g/mol. The molecule has 0 bridgehead atoms. The van der Waals surface area contributed by atoms with Gasteiger partial charge in [0.25, 0.3) is 0 Å². The van der Waals surface area contributed by atoms with Crippen molar-refractivity contribution in [2.75, 3.05) is 0 Å². The molecule has 0 aromatic heterocycles. The predicted octanol–water partition coefficient (Wildman–Crippen LogP) is 6.53. The minimum absolute atomic E-state index is 0. The maximum Gasteiger partial charge on any atom is 2.00 e. The fourth-order valence-corrected chi connectivity index (χ4v) is 4.38. The number of benzene rings is 4. The summed E-state index contributed by atoms with van der Waals surface area (Å²) in [5.41, 5.74) is 12.5. The summed E-state index contributed by atoms with van der Waals surface area (Å²) in [6.07, 6.45) is 3.23. The van der Waals surface area contributed by atoms with Crippen molar-refractivity contribution >= 4 is 23.0 Å². The quantitative estimate of drug-likeness (QED) is 0.234. The Morgan fingerprint density at radius 1 is 0.667 bits per heavy atom. The molecule has 0 saturated carbocycles. The van der Waals surface area contributed by atoms with Crippen LogP contribution in [-0.4, -0.2) is 5.71 Å². The Bertz CT molecular complexity index is 1230. The molecule has 0 radical (unpaired) electrons. The van der Waals surface area contributed by atoms with Crippen LogP contribution in [0.15, 0.2) is 89.9 Å². The molecule has 30 heavy (non-hydrogen) atoms. The molecule has 4 aromatic rings. The van der Waals surface area contributed by atoms with Crippen LogP contribution in [0.3, 0.4) is 0 Å². The molecule has 0 amide bonds. The molecule has 7 rings (SSSR count). The topological polar surface area (TPSA) is 12.4 Å². The van der Waals surface area contributed by atoms with Crippen molar-refractivity contribution in [1.29, 1.82) is 0 Å². The van der Waals surface area contributed by atoms with Crippen LogP contribution in [0, 0.1) is 12.1 Å². The first-order valence-corrected chi connectivity index (χ1v) is 9.87. The summed E-state index contributed by atoms with van der Waals surface area (Å²) in [7, 11) is 0. The second-order valence-corrected chi connectivity index (χ2v) is 7.43. The smallest absolute Gasteiger partial charge is 0.258 e. The van der Waals surface area contributed by atoms with E-state index in [-0.39, 0.29) is 26.2 Å². The van der Waals surface area contributed by atoms with Crippen LogP contribution in [0.1, 0.15) is 27.8 Å². The predicted molar refractivity (Wildman–Crippen MR) is 119 cm³/mol. The number of hydrogen-bond acceptors (Lipinski definition) is 1. The third kappa shape index (κ3) is 3.07. The molecule has 4 aromatic carbocycles. The monoisotopic (exact) mass is 457 g/mol. The first-order chi connectivity index (χ1) is 14.4. The van der Waals surface area contributed by atoms with Gasteiger partial charge >= 0.3 is 26.2 Å². The van der Waals surface area contributed by atoms with Gasteiger partial charge in [-0.25, -0.2) is 0 Å². The zero-order valence-corrected chi connectivity index (χ0v) is 18.8. The van der Waals surface area contributed by atoms with E-state index in [1.165, 1.54) is 39.0 Å². The van der Waals surface area contributed by atoms with Gasteiger partial charge in [0.05, 0.1) is 5.69 Å². The van der Waals surface area contributed by atoms with E-state index in [9.17, 15) is 0 Å². The molecular weight excluding hydrogens is 442 g/mol. The van der Waals surface area contributed by atoms with Gasteiger partial charge in [-0.1, -0.05) is 59.2 Å². The van der Waals surface area contributed by atoms with Gasteiger partial charge in [0.15, 0.2) is 0 Å². The van der Waals surface area contributed by atoms with Crippen LogP contribution in [0.5, 0.6) is 0 Å². The summed E-state index contributed by atoms with van der Waals surface area (Å²) in [4.78, 5) is 4.68. The molecule has 3 aliphatic rings. The number of hydrogen-bond donors (Lipinski definition) is 0. The average Bonchev–Trinajstić information content (AvgIpc) is 3.44. The fourth-order valence-electron chi connectivity index (χ4n) is 4.38. The summed E-state index contributed by atoms with van der Waals surface area (Å²) in [6.45, 7) is 0. The van der Waals surface area contributed by atoms with Crippen molar-refractivity contribution in [3.63, 3.8) is 0 Å². The Kier molecular flexibility index (Phi) is 4.97. The van der Waals surface area contributed by atoms with E-state index in [1.807, 2.05) is 24.3 Å². The Hall–Kier alpha value is -2.83. The normalized spacial score (nSPS) is 13.3. The number of rotatable bonds is 0. The Morgan fingerprint density at radius 3 is 2.27 bits per heavy atom. The van der Waals surface area contributed by atoms with Crippen LogP contribution < -0.4 is 0 Å². The zero-order valence-electron chi connectivity index (χ0n) is 16.3. The second kappa shape index (κ2) is 7.78. The van der Waals surface area contributed by atoms with E-state index in [1.54, 1.807) is 0 Å². The molecular formula is C28H17NZr. The maximum atomic E-state index is 4.68. The fraction of sp³-hybridized carbons (Fsp3) is 0.0357. The molecule has 1 aliphatic heterocycles. The van der Waals surface area contributed by atoms with Crippen molar-refractivity contribution in [3.05, 3.63) is 125 Å². The Balaban J connectivity index is 0.000000127. The first-order valence-electron chi connectivity index (χ1n) is 9.87. The minimum atomic E-state index is 0. The van der Waals surface area contributed by atoms with E-state index in [2.05, 4.69) is 83.9 Å². The summed E-state index contributed by atoms with van der Waals surface area (Å²) < 4.78 is 0. The SMILES string of the molecule is [Zr+2].[c-]1cccc2c1C=C1C2=Nc2ccccc21.[c-]1cccc2c1Cc1ccccc1-2. The van der Waals surface area contributed by atoms with Crippen LogP contribution >= 0.6 is 0 Å². The van der Waals surface area contributed by atoms with Crippen molar-refractivity contribution in [2.45, 2.75) is 6.42 Å². The molecule has 0 fully saturated rings. The minimum Gasteiger partial charge on any atom is -0.258 e. The van der Waals surface area contributed by atoms with E-state index >= 15 is 0 Å². The summed E-state index contributed by atoms with van der Waals surface area (Å²) in [5, 5.41) is 0. The second-order valence-electron chi connectivity index (χ2n) is 7.43. The van der Waals surface area contributed by atoms with Crippen LogP contribution in [0.25, 0.3) is 22.8 Å². The summed E-state index contributed by atoms with van der Waals surface area (Å²) >= 11 is 0. The number of nitrogens with zero attached hydrogens (tertiary/aromatic N) is 1. The van der Waals surface area contributed by atoms with Gasteiger partial charge in [0, 0.05) is 5.71 Å². The molecule has 0 spiro atoms. The molecule has 0 unspecified atom stereocenters. The van der Waals surface area contributed by atoms with Crippen molar-refractivity contribution in [2.24, 2.45) is 4.99 Å². The molecule has 1 heterocycles. The largest absolute Gasteiger partial charge is 2.00 e. The summed E-state index contributed by atoms with van der Waals surface area (Å²) in [6, 6.07) is 35.7. The van der Waals surface area contributed by atoms with Gasteiger partial charge in [0.1, 0.15) is 0 Å². The van der Waals surface area contributed by atoms with Gasteiger partial charge in [0.2, 0.25) is 0 Å². The summed E-state index contributed by atoms with van der Waals surface area (Å²) in [5.74, 6) is 0. The molecule has 1 nitrogen and oxygen atoms in total. The number of para-hydroxylation sites is 1. The van der Waals surface area contributed by atoms with Gasteiger partial charge in [-0.3, -0.25) is 4.99 Å². The molecule has 0 saturated heterocycles. The van der Waals surface area contributed by atoms with E-state index in [0.717, 1.165) is 23.4 Å². The van der Waals surface area contributed by atoms with Crippen molar-refractivity contribution < 1.29 is 26.2 Å². The zero-order chi connectivity index (χ0) is 19.2. The van der Waals surface area contributed by atoms with E-state index in [4.69, 9.17) is 0 Å². The van der Waals surface area contributed by atoms with Gasteiger partial charge < -0.3 is 0 Å². The number of aliphatic imine (C=N–C) groups is 1. The van der Waals surface area contributed by atoms with E-state index in [0.29, 0.717) is 0 Å². The first kappa shape index (κ1) is 19.2. The Labute approximate surface area is 196 Å². The molecule has 2 aliphatic carbocycles. The number of allylic oxidation sites excluding steroid dienone is 1. The third-order valence-corrected chi connectivity index (χ3v) is 5.73. The molecule has 2 heteroatoms. The van der Waals surface area contributed by atoms with Crippen LogP contribution in [0.4, 0.5) is 5.69 Å². The molecule has 0 N–H and O–H groups in total. The van der Waals surface area contributed by atoms with Gasteiger partial charge in [-0.2, -0.15) is 29.8 Å². The van der Waals surface area contributed by atoms with Crippen LogP contribution in [-0.2, 0) is 32.6 Å². The molecule has 138 valence electrons. The number of fused-ring (bicyclic) bond motifs is 8. The Morgan fingerprint density at radius 2 is 1.37 bits per heavy atom. The van der Waals surface area contributed by atoms with Crippen LogP contribution in [0.2, 0.25) is 0 Å². The van der Waals surface area contributed by atoms with Gasteiger partial charge in [-0.15, -0.1) is 41.5 Å². The maximum absolute atomic E-state index is 4.68. The standard InChI is InChI=1S/C15H8N.C13H9.Zr/c1-2-6-11-10(5-1)9-13-12-7-3-4-8-14(12)16-15(11)13;1-3-7-12-10(5-1)9-11-6-2-4-8-13(11)12;/h1-4,6-9H;1-5,7-8H,9H2;/q2*-1;+2. The third-order valence-electron chi connectivity index (χ3n) is 5.73. The van der Waals surface area contributed by atoms with E-state index < -0.39 is 0 Å².